The van der Waals surface area contributed by atoms with Gasteiger partial charge < -0.3 is 10.2 Å². The van der Waals surface area contributed by atoms with Crippen LogP contribution in [0, 0.1) is 10.1 Å². The molecule has 1 aliphatic heterocycles. The van der Waals surface area contributed by atoms with Crippen LogP contribution in [0.25, 0.3) is 0 Å². The minimum atomic E-state index is -4.61. The Kier molecular flexibility index (Phi) is 6.57. The lowest BCUT2D eigenvalue weighted by molar-refractivity contribution is -0.384. The predicted molar refractivity (Wildman–Crippen MR) is 105 cm³/mol. The van der Waals surface area contributed by atoms with Gasteiger partial charge in [-0.1, -0.05) is 18.2 Å². The van der Waals surface area contributed by atoms with Gasteiger partial charge in [0.15, 0.2) is 0 Å². The number of nitrogens with zero attached hydrogens (tertiary/aromatic N) is 2. The lowest BCUT2D eigenvalue weighted by Gasteiger charge is -2.30. The summed E-state index contributed by atoms with van der Waals surface area (Å²) in [6.07, 6.45) is -2.86. The normalized spacial score (nSPS) is 16.9. The highest BCUT2D eigenvalue weighted by Gasteiger charge is 2.34. The monoisotopic (exact) mass is 435 g/mol. The molecule has 2 aromatic rings. The lowest BCUT2D eigenvalue weighted by atomic mass is 10.0. The minimum absolute atomic E-state index is 0.0782. The van der Waals surface area contributed by atoms with Crippen LogP contribution in [0.3, 0.4) is 0 Å². The Labute approximate surface area is 176 Å². The van der Waals surface area contributed by atoms with Gasteiger partial charge in [-0.15, -0.1) is 0 Å². The van der Waals surface area contributed by atoms with Gasteiger partial charge in [-0.05, 0) is 43.0 Å². The Morgan fingerprint density at radius 3 is 2.52 bits per heavy atom. The highest BCUT2D eigenvalue weighted by Crippen LogP contribution is 2.30. The standard InChI is InChI=1S/C21H20F3N3O4/c22-21(23,24)16-5-3-4-15(12-16)20(29)26(18-6-1-2-11-25-19(18)28)13-14-7-9-17(10-8-14)27(30)31/h3-5,7-10,12,18H,1-2,6,11,13H2,(H,25,28). The van der Waals surface area contributed by atoms with E-state index in [-0.39, 0.29) is 23.7 Å². The summed E-state index contributed by atoms with van der Waals surface area (Å²) >= 11 is 0. The van der Waals surface area contributed by atoms with Crippen LogP contribution in [0.4, 0.5) is 18.9 Å². The second-order valence-corrected chi connectivity index (χ2v) is 7.24. The molecule has 1 N–H and O–H groups in total. The van der Waals surface area contributed by atoms with E-state index in [4.69, 9.17) is 0 Å². The summed E-state index contributed by atoms with van der Waals surface area (Å²) < 4.78 is 39.3. The van der Waals surface area contributed by atoms with Gasteiger partial charge in [0.1, 0.15) is 6.04 Å². The average molecular weight is 435 g/mol. The third-order valence-electron chi connectivity index (χ3n) is 5.08. The van der Waals surface area contributed by atoms with Crippen molar-refractivity contribution in [3.8, 4) is 0 Å². The van der Waals surface area contributed by atoms with E-state index in [1.807, 2.05) is 0 Å². The molecule has 1 unspecified atom stereocenters. The summed E-state index contributed by atoms with van der Waals surface area (Å²) in [5, 5.41) is 13.6. The number of carbonyl (C=O) groups excluding carboxylic acids is 2. The van der Waals surface area contributed by atoms with Gasteiger partial charge in [0.2, 0.25) is 5.91 Å². The molecule has 0 spiro atoms. The van der Waals surface area contributed by atoms with E-state index in [9.17, 15) is 32.9 Å². The average Bonchev–Trinajstić information content (AvgIpc) is 2.95. The molecule has 0 radical (unpaired) electrons. The third kappa shape index (κ3) is 5.39. The van der Waals surface area contributed by atoms with Crippen molar-refractivity contribution in [2.45, 2.75) is 38.0 Å². The molecule has 10 heteroatoms. The zero-order chi connectivity index (χ0) is 22.6. The first-order valence-corrected chi connectivity index (χ1v) is 9.66. The zero-order valence-electron chi connectivity index (χ0n) is 16.4. The van der Waals surface area contributed by atoms with Crippen LogP contribution >= 0.6 is 0 Å². The summed E-state index contributed by atoms with van der Waals surface area (Å²) in [4.78, 5) is 37.3. The van der Waals surface area contributed by atoms with E-state index in [0.717, 1.165) is 24.6 Å². The van der Waals surface area contributed by atoms with E-state index < -0.39 is 28.6 Å². The molecule has 1 aliphatic rings. The molecular weight excluding hydrogens is 415 g/mol. The van der Waals surface area contributed by atoms with Crippen molar-refractivity contribution < 1.29 is 27.7 Å². The van der Waals surface area contributed by atoms with Crippen molar-refractivity contribution in [1.82, 2.24) is 10.2 Å². The molecule has 7 nitrogen and oxygen atoms in total. The number of nitro groups is 1. The number of benzene rings is 2. The SMILES string of the molecule is O=C1NCCCCC1N(Cc1ccc([N+](=O)[O-])cc1)C(=O)c1cccc(C(F)(F)F)c1. The fourth-order valence-electron chi connectivity index (χ4n) is 3.46. The molecule has 1 fully saturated rings. The molecule has 0 aliphatic carbocycles. The topological polar surface area (TPSA) is 92.6 Å². The summed E-state index contributed by atoms with van der Waals surface area (Å²) in [6.45, 7) is 0.379. The molecule has 164 valence electrons. The number of halogens is 3. The summed E-state index contributed by atoms with van der Waals surface area (Å²) in [5.74, 6) is -1.09. The van der Waals surface area contributed by atoms with Gasteiger partial charge in [-0.2, -0.15) is 13.2 Å². The Bertz CT molecular complexity index is 977. The van der Waals surface area contributed by atoms with Crippen LogP contribution in [0.1, 0.15) is 40.7 Å². The van der Waals surface area contributed by atoms with Crippen LogP contribution in [0.15, 0.2) is 48.5 Å². The number of non-ortho nitro benzene ring substituents is 1. The second-order valence-electron chi connectivity index (χ2n) is 7.24. The predicted octanol–water partition coefficient (Wildman–Crippen LogP) is 3.92. The van der Waals surface area contributed by atoms with Gasteiger partial charge in [0.25, 0.3) is 11.6 Å². The van der Waals surface area contributed by atoms with Crippen molar-refractivity contribution in [3.05, 3.63) is 75.3 Å². The van der Waals surface area contributed by atoms with Crippen molar-refractivity contribution in [3.63, 3.8) is 0 Å². The number of carbonyl (C=O) groups is 2. The molecular formula is C21H20F3N3O4. The quantitative estimate of drug-likeness (QED) is 0.569. The zero-order valence-corrected chi connectivity index (χ0v) is 16.4. The molecule has 0 aromatic heterocycles. The van der Waals surface area contributed by atoms with Crippen molar-refractivity contribution in [1.29, 1.82) is 0 Å². The van der Waals surface area contributed by atoms with E-state index >= 15 is 0 Å². The third-order valence-corrected chi connectivity index (χ3v) is 5.08. The van der Waals surface area contributed by atoms with Gasteiger partial charge in [-0.25, -0.2) is 0 Å². The molecule has 2 amide bonds. The number of amides is 2. The number of hydrogen-bond acceptors (Lipinski definition) is 4. The maximum absolute atomic E-state index is 13.2. The summed E-state index contributed by atoms with van der Waals surface area (Å²) in [5.41, 5.74) is -0.762. The second kappa shape index (κ2) is 9.15. The number of nitrogens with one attached hydrogen (secondary N) is 1. The van der Waals surface area contributed by atoms with Crippen LogP contribution < -0.4 is 5.32 Å². The van der Waals surface area contributed by atoms with Crippen LogP contribution in [-0.4, -0.2) is 34.2 Å². The number of alkyl halides is 3. The maximum Gasteiger partial charge on any atom is 0.416 e. The first-order chi connectivity index (χ1) is 14.7. The Balaban J connectivity index is 1.96. The summed E-state index contributed by atoms with van der Waals surface area (Å²) in [7, 11) is 0. The van der Waals surface area contributed by atoms with Gasteiger partial charge in [0, 0.05) is 30.8 Å². The number of nitro benzene ring substituents is 1. The molecule has 1 atom stereocenters. The van der Waals surface area contributed by atoms with Crippen LogP contribution in [-0.2, 0) is 17.5 Å². The molecule has 1 heterocycles. The Morgan fingerprint density at radius 1 is 1.16 bits per heavy atom. The first kappa shape index (κ1) is 22.3. The van der Waals surface area contributed by atoms with Crippen molar-refractivity contribution in [2.24, 2.45) is 0 Å². The van der Waals surface area contributed by atoms with Crippen LogP contribution in [0.2, 0.25) is 0 Å². The van der Waals surface area contributed by atoms with E-state index in [2.05, 4.69) is 5.32 Å². The van der Waals surface area contributed by atoms with E-state index in [0.29, 0.717) is 24.9 Å². The first-order valence-electron chi connectivity index (χ1n) is 9.66. The fourth-order valence-corrected chi connectivity index (χ4v) is 3.46. The number of rotatable bonds is 5. The highest BCUT2D eigenvalue weighted by atomic mass is 19.4. The molecule has 0 bridgehead atoms. The Hall–Kier alpha value is -3.43. The summed E-state index contributed by atoms with van der Waals surface area (Å²) in [6, 6.07) is 8.65. The lowest BCUT2D eigenvalue weighted by Crippen LogP contribution is -2.48. The molecule has 31 heavy (non-hydrogen) atoms. The highest BCUT2D eigenvalue weighted by molar-refractivity contribution is 5.97. The van der Waals surface area contributed by atoms with Crippen molar-refractivity contribution >= 4 is 17.5 Å². The van der Waals surface area contributed by atoms with E-state index in [1.165, 1.54) is 35.2 Å². The van der Waals surface area contributed by atoms with Gasteiger partial charge in [0.05, 0.1) is 10.5 Å². The molecule has 2 aromatic carbocycles. The maximum atomic E-state index is 13.2. The van der Waals surface area contributed by atoms with Gasteiger partial charge in [-0.3, -0.25) is 19.7 Å². The molecule has 0 saturated carbocycles. The van der Waals surface area contributed by atoms with Crippen molar-refractivity contribution in [2.75, 3.05) is 6.54 Å². The molecule has 1 saturated heterocycles. The smallest absolute Gasteiger partial charge is 0.354 e. The number of hydrogen-bond donors (Lipinski definition) is 1. The van der Waals surface area contributed by atoms with Crippen LogP contribution in [0.5, 0.6) is 0 Å². The Morgan fingerprint density at radius 2 is 1.87 bits per heavy atom. The molecule has 3 rings (SSSR count). The fraction of sp³-hybridized carbons (Fsp3) is 0.333. The largest absolute Gasteiger partial charge is 0.416 e. The van der Waals surface area contributed by atoms with E-state index in [1.54, 1.807) is 0 Å². The minimum Gasteiger partial charge on any atom is -0.354 e. The van der Waals surface area contributed by atoms with Gasteiger partial charge >= 0.3 is 6.18 Å².